The third-order valence-corrected chi connectivity index (χ3v) is 4.07. The maximum atomic E-state index is 3.75. The zero-order chi connectivity index (χ0) is 11.1. The molecule has 1 heterocycles. The maximum absolute atomic E-state index is 3.75. The van der Waals surface area contributed by atoms with Gasteiger partial charge in [-0.3, -0.25) is 4.90 Å². The van der Waals surface area contributed by atoms with E-state index in [0.29, 0.717) is 11.5 Å². The highest BCUT2D eigenvalue weighted by Gasteiger charge is 2.34. The molecule has 15 heavy (non-hydrogen) atoms. The Morgan fingerprint density at radius 3 is 2.33 bits per heavy atom. The van der Waals surface area contributed by atoms with E-state index in [4.69, 9.17) is 0 Å². The van der Waals surface area contributed by atoms with E-state index in [2.05, 4.69) is 37.9 Å². The molecule has 1 aliphatic heterocycles. The van der Waals surface area contributed by atoms with Crippen molar-refractivity contribution < 1.29 is 0 Å². The fourth-order valence-electron chi connectivity index (χ4n) is 2.41. The lowest BCUT2D eigenvalue weighted by Crippen LogP contribution is -2.42. The van der Waals surface area contributed by atoms with E-state index >= 15 is 0 Å². The lowest BCUT2D eigenvalue weighted by Gasteiger charge is -2.35. The van der Waals surface area contributed by atoms with Crippen molar-refractivity contribution in [2.24, 2.45) is 5.41 Å². The van der Waals surface area contributed by atoms with Gasteiger partial charge in [0.1, 0.15) is 0 Å². The summed E-state index contributed by atoms with van der Waals surface area (Å²) >= 11 is 0. The van der Waals surface area contributed by atoms with Crippen molar-refractivity contribution >= 4 is 0 Å². The Morgan fingerprint density at radius 2 is 1.80 bits per heavy atom. The van der Waals surface area contributed by atoms with Gasteiger partial charge in [-0.05, 0) is 31.6 Å². The Bertz CT molecular complexity index is 215. The molecule has 1 saturated carbocycles. The van der Waals surface area contributed by atoms with E-state index in [1.807, 2.05) is 0 Å². The third-order valence-electron chi connectivity index (χ3n) is 4.07. The Labute approximate surface area is 94.4 Å². The third kappa shape index (κ3) is 2.94. The molecular formula is C13H26N2. The molecule has 88 valence electrons. The van der Waals surface area contributed by atoms with Crippen molar-refractivity contribution in [3.63, 3.8) is 0 Å². The van der Waals surface area contributed by atoms with E-state index in [9.17, 15) is 0 Å². The fourth-order valence-corrected chi connectivity index (χ4v) is 2.41. The van der Waals surface area contributed by atoms with Crippen LogP contribution in [-0.4, -0.2) is 36.1 Å². The fraction of sp³-hybridized carbons (Fsp3) is 1.00. The molecular weight excluding hydrogens is 184 g/mol. The molecule has 1 aliphatic carbocycles. The first kappa shape index (κ1) is 11.4. The molecule has 2 heteroatoms. The molecule has 1 N–H and O–H groups in total. The van der Waals surface area contributed by atoms with Crippen LogP contribution >= 0.6 is 0 Å². The van der Waals surface area contributed by atoms with Gasteiger partial charge in [-0.1, -0.05) is 20.8 Å². The van der Waals surface area contributed by atoms with Crippen LogP contribution in [-0.2, 0) is 0 Å². The summed E-state index contributed by atoms with van der Waals surface area (Å²) in [5.74, 6) is 0. The van der Waals surface area contributed by atoms with Crippen LogP contribution in [0.25, 0.3) is 0 Å². The monoisotopic (exact) mass is 210 g/mol. The van der Waals surface area contributed by atoms with Crippen LogP contribution in [0.4, 0.5) is 0 Å². The predicted octanol–water partition coefficient (Wildman–Crippen LogP) is 2.25. The van der Waals surface area contributed by atoms with Crippen molar-refractivity contribution in [2.75, 3.05) is 13.1 Å². The Morgan fingerprint density at radius 1 is 1.13 bits per heavy atom. The number of nitrogens with one attached hydrogen (secondary N) is 1. The highest BCUT2D eigenvalue weighted by Crippen LogP contribution is 2.28. The van der Waals surface area contributed by atoms with Crippen molar-refractivity contribution in [2.45, 2.75) is 65.1 Å². The summed E-state index contributed by atoms with van der Waals surface area (Å²) in [5, 5.41) is 3.75. The summed E-state index contributed by atoms with van der Waals surface area (Å²) in [4.78, 5) is 2.65. The lowest BCUT2D eigenvalue weighted by atomic mass is 9.87. The highest BCUT2D eigenvalue weighted by atomic mass is 15.2. The van der Waals surface area contributed by atoms with Crippen LogP contribution in [0.15, 0.2) is 0 Å². The SMILES string of the molecule is CC(N1CCC(NC2CC2)C1)C(C)(C)C. The second-order valence-corrected chi connectivity index (χ2v) is 6.46. The molecule has 0 radical (unpaired) electrons. The number of hydrogen-bond acceptors (Lipinski definition) is 2. The summed E-state index contributed by atoms with van der Waals surface area (Å²) in [6.07, 6.45) is 4.16. The second-order valence-electron chi connectivity index (χ2n) is 6.46. The molecule has 0 aromatic carbocycles. The van der Waals surface area contributed by atoms with Gasteiger partial charge < -0.3 is 5.32 Å². The Kier molecular flexibility index (Phi) is 3.09. The summed E-state index contributed by atoms with van der Waals surface area (Å²) in [6, 6.07) is 2.32. The smallest absolute Gasteiger partial charge is 0.0209 e. The van der Waals surface area contributed by atoms with E-state index in [1.165, 1.54) is 32.4 Å². The molecule has 0 amide bonds. The zero-order valence-electron chi connectivity index (χ0n) is 10.7. The van der Waals surface area contributed by atoms with Crippen molar-refractivity contribution in [3.8, 4) is 0 Å². The van der Waals surface area contributed by atoms with Crippen LogP contribution in [0, 0.1) is 5.41 Å². The zero-order valence-corrected chi connectivity index (χ0v) is 10.7. The number of hydrogen-bond donors (Lipinski definition) is 1. The van der Waals surface area contributed by atoms with E-state index in [-0.39, 0.29) is 0 Å². The minimum absolute atomic E-state index is 0.411. The molecule has 0 bridgehead atoms. The van der Waals surface area contributed by atoms with Crippen LogP contribution in [0.3, 0.4) is 0 Å². The first-order valence-electron chi connectivity index (χ1n) is 6.47. The first-order chi connectivity index (χ1) is 6.97. The normalized spacial score (nSPS) is 30.8. The van der Waals surface area contributed by atoms with Gasteiger partial charge in [0, 0.05) is 31.2 Å². The molecule has 0 aromatic heterocycles. The van der Waals surface area contributed by atoms with Crippen LogP contribution in [0.1, 0.15) is 47.0 Å². The molecule has 2 rings (SSSR count). The van der Waals surface area contributed by atoms with Crippen molar-refractivity contribution in [1.29, 1.82) is 0 Å². The van der Waals surface area contributed by atoms with Crippen molar-refractivity contribution in [3.05, 3.63) is 0 Å². The summed E-state index contributed by atoms with van der Waals surface area (Å²) in [5.41, 5.74) is 0.411. The Balaban J connectivity index is 1.80. The second kappa shape index (κ2) is 4.06. The summed E-state index contributed by atoms with van der Waals surface area (Å²) in [6.45, 7) is 12.0. The lowest BCUT2D eigenvalue weighted by molar-refractivity contribution is 0.137. The Hall–Kier alpha value is -0.0800. The van der Waals surface area contributed by atoms with Gasteiger partial charge in [-0.15, -0.1) is 0 Å². The van der Waals surface area contributed by atoms with E-state index in [1.54, 1.807) is 0 Å². The highest BCUT2D eigenvalue weighted by molar-refractivity contribution is 4.92. The van der Waals surface area contributed by atoms with E-state index < -0.39 is 0 Å². The molecule has 2 aliphatic rings. The minimum atomic E-state index is 0.411. The quantitative estimate of drug-likeness (QED) is 0.768. The largest absolute Gasteiger partial charge is 0.310 e. The molecule has 2 nitrogen and oxygen atoms in total. The average Bonchev–Trinajstić information content (AvgIpc) is 2.80. The molecule has 2 fully saturated rings. The van der Waals surface area contributed by atoms with Crippen molar-refractivity contribution in [1.82, 2.24) is 10.2 Å². The van der Waals surface area contributed by atoms with Gasteiger partial charge in [0.25, 0.3) is 0 Å². The number of rotatable bonds is 3. The molecule has 0 spiro atoms. The summed E-state index contributed by atoms with van der Waals surface area (Å²) in [7, 11) is 0. The molecule has 2 unspecified atom stereocenters. The number of nitrogens with zero attached hydrogens (tertiary/aromatic N) is 1. The van der Waals surface area contributed by atoms with Gasteiger partial charge in [-0.2, -0.15) is 0 Å². The average molecular weight is 210 g/mol. The topological polar surface area (TPSA) is 15.3 Å². The minimum Gasteiger partial charge on any atom is -0.310 e. The van der Waals surface area contributed by atoms with Gasteiger partial charge >= 0.3 is 0 Å². The molecule has 2 atom stereocenters. The molecule has 1 saturated heterocycles. The predicted molar refractivity (Wildman–Crippen MR) is 65.1 cm³/mol. The van der Waals surface area contributed by atoms with E-state index in [0.717, 1.165) is 12.1 Å². The summed E-state index contributed by atoms with van der Waals surface area (Å²) < 4.78 is 0. The number of likely N-dealkylation sites (tertiary alicyclic amines) is 1. The van der Waals surface area contributed by atoms with Gasteiger partial charge in [0.15, 0.2) is 0 Å². The van der Waals surface area contributed by atoms with Crippen LogP contribution in [0.5, 0.6) is 0 Å². The maximum Gasteiger partial charge on any atom is 0.0209 e. The van der Waals surface area contributed by atoms with Gasteiger partial charge in [0.05, 0.1) is 0 Å². The molecule has 0 aromatic rings. The van der Waals surface area contributed by atoms with Crippen LogP contribution < -0.4 is 5.32 Å². The van der Waals surface area contributed by atoms with Gasteiger partial charge in [0.2, 0.25) is 0 Å². The van der Waals surface area contributed by atoms with Gasteiger partial charge in [-0.25, -0.2) is 0 Å². The first-order valence-corrected chi connectivity index (χ1v) is 6.47. The standard InChI is InChI=1S/C13H26N2/c1-10(13(2,3)4)15-8-7-12(9-15)14-11-5-6-11/h10-12,14H,5-9H2,1-4H3. The van der Waals surface area contributed by atoms with Crippen LogP contribution in [0.2, 0.25) is 0 Å².